The molecule has 3 nitrogen and oxygen atoms in total. The van der Waals surface area contributed by atoms with Crippen LogP contribution in [-0.4, -0.2) is 12.4 Å². The van der Waals surface area contributed by atoms with Gasteiger partial charge in [0.05, 0.1) is 10.4 Å². The van der Waals surface area contributed by atoms with Gasteiger partial charge >= 0.3 is 0 Å². The summed E-state index contributed by atoms with van der Waals surface area (Å²) in [6.07, 6.45) is 1.56. The number of fused-ring (bicyclic) bond motifs is 1. The normalized spacial score (nSPS) is 11.8. The first-order chi connectivity index (χ1) is 9.09. The van der Waals surface area contributed by atoms with Gasteiger partial charge in [-0.25, -0.2) is 12.4 Å². The Morgan fingerprint density at radius 3 is 2.32 bits per heavy atom. The molecule has 19 heavy (non-hydrogen) atoms. The van der Waals surface area contributed by atoms with Crippen LogP contribution in [0.25, 0.3) is 10.9 Å². The van der Waals surface area contributed by atoms with E-state index in [1.165, 1.54) is 16.1 Å². The van der Waals surface area contributed by atoms with Gasteiger partial charge in [0.1, 0.15) is 0 Å². The average Bonchev–Trinajstić information content (AvgIpc) is 2.83. The van der Waals surface area contributed by atoms with E-state index in [1.54, 1.807) is 30.5 Å². The molecule has 3 rings (SSSR count). The van der Waals surface area contributed by atoms with Gasteiger partial charge in [-0.15, -0.1) is 0 Å². The van der Waals surface area contributed by atoms with Gasteiger partial charge in [0.2, 0.25) is 0 Å². The lowest BCUT2D eigenvalue weighted by atomic mass is 10.3. The van der Waals surface area contributed by atoms with Crippen molar-refractivity contribution in [3.63, 3.8) is 0 Å². The molecular formula is C14H10ClNO2S. The highest BCUT2D eigenvalue weighted by Gasteiger charge is 2.18. The molecule has 0 bridgehead atoms. The van der Waals surface area contributed by atoms with E-state index in [4.69, 9.17) is 11.6 Å². The Kier molecular flexibility index (Phi) is 2.84. The van der Waals surface area contributed by atoms with E-state index in [9.17, 15) is 8.42 Å². The first kappa shape index (κ1) is 12.3. The highest BCUT2D eigenvalue weighted by molar-refractivity contribution is 7.90. The number of benzene rings is 2. The number of nitrogens with zero attached hydrogens (tertiary/aromatic N) is 1. The second kappa shape index (κ2) is 4.40. The maximum atomic E-state index is 12.5. The molecule has 0 atom stereocenters. The molecule has 0 amide bonds. The summed E-state index contributed by atoms with van der Waals surface area (Å²) in [4.78, 5) is 0.221. The van der Waals surface area contributed by atoms with E-state index in [0.717, 1.165) is 5.39 Å². The van der Waals surface area contributed by atoms with Gasteiger partial charge in [-0.1, -0.05) is 29.8 Å². The molecule has 0 saturated heterocycles. The fourth-order valence-electron chi connectivity index (χ4n) is 1.99. The Bertz CT molecular complexity index is 835. The summed E-state index contributed by atoms with van der Waals surface area (Å²) in [7, 11) is -3.58. The van der Waals surface area contributed by atoms with Crippen molar-refractivity contribution in [2.75, 3.05) is 0 Å². The van der Waals surface area contributed by atoms with E-state index in [2.05, 4.69) is 0 Å². The van der Waals surface area contributed by atoms with Crippen LogP contribution >= 0.6 is 11.6 Å². The Labute approximate surface area is 116 Å². The first-order valence-corrected chi connectivity index (χ1v) is 7.48. The van der Waals surface area contributed by atoms with Crippen LogP contribution in [0, 0.1) is 0 Å². The quantitative estimate of drug-likeness (QED) is 0.724. The summed E-state index contributed by atoms with van der Waals surface area (Å²) in [5.41, 5.74) is 0.664. The third-order valence-electron chi connectivity index (χ3n) is 2.93. The summed E-state index contributed by atoms with van der Waals surface area (Å²) >= 11 is 5.78. The fourth-order valence-corrected chi connectivity index (χ4v) is 3.47. The highest BCUT2D eigenvalue weighted by Crippen LogP contribution is 2.22. The summed E-state index contributed by atoms with van der Waals surface area (Å²) in [5, 5.41) is 1.40. The molecule has 0 saturated carbocycles. The minimum atomic E-state index is -3.58. The van der Waals surface area contributed by atoms with Crippen LogP contribution in [0.1, 0.15) is 0 Å². The largest absolute Gasteiger partial charge is 0.268 e. The minimum absolute atomic E-state index is 0.221. The maximum Gasteiger partial charge on any atom is 0.268 e. The summed E-state index contributed by atoms with van der Waals surface area (Å²) in [5.74, 6) is 0. The molecular weight excluding hydrogens is 282 g/mol. The second-order valence-electron chi connectivity index (χ2n) is 4.13. The molecule has 0 radical (unpaired) electrons. The molecule has 1 aromatic heterocycles. The topological polar surface area (TPSA) is 39.1 Å². The van der Waals surface area contributed by atoms with Crippen LogP contribution in [0.5, 0.6) is 0 Å². The van der Waals surface area contributed by atoms with Crippen molar-refractivity contribution in [2.24, 2.45) is 0 Å². The summed E-state index contributed by atoms with van der Waals surface area (Å²) in [6.45, 7) is 0. The molecule has 0 aliphatic heterocycles. The van der Waals surface area contributed by atoms with Gasteiger partial charge in [-0.3, -0.25) is 0 Å². The predicted molar refractivity (Wildman–Crippen MR) is 76.0 cm³/mol. The van der Waals surface area contributed by atoms with Gasteiger partial charge in [-0.05, 0) is 36.4 Å². The zero-order valence-electron chi connectivity index (χ0n) is 9.82. The predicted octanol–water partition coefficient (Wildman–Crippen LogP) is 3.53. The van der Waals surface area contributed by atoms with E-state index in [1.807, 2.05) is 18.2 Å². The number of para-hydroxylation sites is 1. The monoisotopic (exact) mass is 291 g/mol. The van der Waals surface area contributed by atoms with Gasteiger partial charge in [0.15, 0.2) is 0 Å². The van der Waals surface area contributed by atoms with Gasteiger partial charge in [0, 0.05) is 16.6 Å². The molecule has 3 aromatic rings. The molecule has 1 heterocycles. The first-order valence-electron chi connectivity index (χ1n) is 5.66. The van der Waals surface area contributed by atoms with Crippen molar-refractivity contribution in [2.45, 2.75) is 4.90 Å². The highest BCUT2D eigenvalue weighted by atomic mass is 35.5. The number of hydrogen-bond acceptors (Lipinski definition) is 2. The van der Waals surface area contributed by atoms with E-state index in [-0.39, 0.29) is 4.90 Å². The van der Waals surface area contributed by atoms with Crippen molar-refractivity contribution in [1.82, 2.24) is 3.97 Å². The standard InChI is InChI=1S/C14H10ClNO2S/c15-12-5-7-13(8-6-12)19(17,18)16-10-9-11-3-1-2-4-14(11)16/h1-10H. The molecule has 96 valence electrons. The van der Waals surface area contributed by atoms with E-state index >= 15 is 0 Å². The second-order valence-corrected chi connectivity index (χ2v) is 6.38. The number of halogens is 1. The van der Waals surface area contributed by atoms with Crippen molar-refractivity contribution >= 4 is 32.5 Å². The van der Waals surface area contributed by atoms with Gasteiger partial charge < -0.3 is 0 Å². The molecule has 0 N–H and O–H groups in total. The Balaban J connectivity index is 2.22. The molecule has 0 unspecified atom stereocenters. The Morgan fingerprint density at radius 2 is 1.58 bits per heavy atom. The summed E-state index contributed by atoms with van der Waals surface area (Å²) in [6, 6.07) is 15.3. The van der Waals surface area contributed by atoms with Crippen LogP contribution in [0.4, 0.5) is 0 Å². The zero-order chi connectivity index (χ0) is 13.5. The molecule has 2 aromatic carbocycles. The van der Waals surface area contributed by atoms with Crippen LogP contribution < -0.4 is 0 Å². The number of aromatic nitrogens is 1. The van der Waals surface area contributed by atoms with Crippen molar-refractivity contribution < 1.29 is 8.42 Å². The molecule has 0 aliphatic rings. The number of hydrogen-bond donors (Lipinski definition) is 0. The third kappa shape index (κ3) is 2.03. The molecule has 5 heteroatoms. The van der Waals surface area contributed by atoms with Crippen LogP contribution in [-0.2, 0) is 10.0 Å². The average molecular weight is 292 g/mol. The lowest BCUT2D eigenvalue weighted by Crippen LogP contribution is -2.11. The smallest absolute Gasteiger partial charge is 0.241 e. The van der Waals surface area contributed by atoms with Crippen molar-refractivity contribution in [3.05, 3.63) is 65.8 Å². The van der Waals surface area contributed by atoms with Crippen LogP contribution in [0.15, 0.2) is 65.7 Å². The SMILES string of the molecule is O=S(=O)(c1ccc(Cl)cc1)n1ccc2ccccc21. The van der Waals surface area contributed by atoms with Gasteiger partial charge in [0.25, 0.3) is 10.0 Å². The van der Waals surface area contributed by atoms with Crippen LogP contribution in [0.2, 0.25) is 5.02 Å². The minimum Gasteiger partial charge on any atom is -0.241 e. The Morgan fingerprint density at radius 1 is 0.895 bits per heavy atom. The third-order valence-corrected chi connectivity index (χ3v) is 4.89. The zero-order valence-corrected chi connectivity index (χ0v) is 11.4. The van der Waals surface area contributed by atoms with Crippen molar-refractivity contribution in [3.8, 4) is 0 Å². The van der Waals surface area contributed by atoms with Crippen molar-refractivity contribution in [1.29, 1.82) is 0 Å². The van der Waals surface area contributed by atoms with E-state index < -0.39 is 10.0 Å². The molecule has 0 spiro atoms. The Hall–Kier alpha value is -1.78. The molecule has 0 fully saturated rings. The summed E-state index contributed by atoms with van der Waals surface area (Å²) < 4.78 is 26.4. The van der Waals surface area contributed by atoms with Gasteiger partial charge in [-0.2, -0.15) is 0 Å². The van der Waals surface area contributed by atoms with Crippen LogP contribution in [0.3, 0.4) is 0 Å². The van der Waals surface area contributed by atoms with E-state index in [0.29, 0.717) is 10.5 Å². The molecule has 0 aliphatic carbocycles. The lowest BCUT2D eigenvalue weighted by molar-refractivity contribution is 0.589. The fraction of sp³-hybridized carbons (Fsp3) is 0. The lowest BCUT2D eigenvalue weighted by Gasteiger charge is -2.07. The maximum absolute atomic E-state index is 12.5. The number of rotatable bonds is 2.